The van der Waals surface area contributed by atoms with E-state index in [9.17, 15) is 4.79 Å². The maximum absolute atomic E-state index is 12.9. The van der Waals surface area contributed by atoms with Crippen molar-refractivity contribution in [2.75, 3.05) is 32.7 Å². The van der Waals surface area contributed by atoms with Gasteiger partial charge in [-0.15, -0.1) is 0 Å². The molecule has 2 aromatic heterocycles. The van der Waals surface area contributed by atoms with Gasteiger partial charge < -0.3 is 4.90 Å². The van der Waals surface area contributed by atoms with Crippen LogP contribution in [0.25, 0.3) is 16.5 Å². The predicted octanol–water partition coefficient (Wildman–Crippen LogP) is 4.36. The van der Waals surface area contributed by atoms with Crippen LogP contribution < -0.4 is 0 Å². The maximum atomic E-state index is 12.9. The number of carbonyl (C=O) groups excluding carboxylic acids is 1. The summed E-state index contributed by atoms with van der Waals surface area (Å²) in [4.78, 5) is 31.2. The molecule has 6 nitrogen and oxygen atoms in total. The number of nitrogens with zero attached hydrogens (tertiary/aromatic N) is 5. The molecule has 3 aromatic rings. The van der Waals surface area contributed by atoms with E-state index in [0.29, 0.717) is 5.92 Å². The number of rotatable bonds is 5. The number of amides is 1. The van der Waals surface area contributed by atoms with Crippen molar-refractivity contribution in [3.63, 3.8) is 0 Å². The summed E-state index contributed by atoms with van der Waals surface area (Å²) in [6.07, 6.45) is 13.3. The van der Waals surface area contributed by atoms with Crippen molar-refractivity contribution in [3.05, 3.63) is 83.6 Å². The normalized spacial score (nSPS) is 22.3. The molecule has 0 spiro atoms. The van der Waals surface area contributed by atoms with Gasteiger partial charge in [-0.3, -0.25) is 14.7 Å². The molecule has 3 aliphatic rings. The molecule has 0 bridgehead atoms. The number of benzene rings is 1. The summed E-state index contributed by atoms with van der Waals surface area (Å²) in [5, 5.41) is 1.13. The monoisotopic (exact) mass is 465 g/mol. The molecule has 2 saturated heterocycles. The van der Waals surface area contributed by atoms with Crippen LogP contribution >= 0.6 is 0 Å². The van der Waals surface area contributed by atoms with E-state index in [-0.39, 0.29) is 11.8 Å². The molecule has 0 radical (unpaired) electrons. The Balaban J connectivity index is 1.23. The molecule has 1 unspecified atom stereocenters. The van der Waals surface area contributed by atoms with Crippen LogP contribution in [0.2, 0.25) is 0 Å². The van der Waals surface area contributed by atoms with Crippen molar-refractivity contribution in [3.8, 4) is 0 Å². The number of hydrogen-bond acceptors (Lipinski definition) is 5. The first-order valence-corrected chi connectivity index (χ1v) is 12.7. The Hall–Kier alpha value is -3.38. The minimum Gasteiger partial charge on any atom is -0.339 e. The number of fused-ring (bicyclic) bond motifs is 2. The van der Waals surface area contributed by atoms with Gasteiger partial charge in [0.1, 0.15) is 6.33 Å². The third-order valence-electron chi connectivity index (χ3n) is 7.77. The van der Waals surface area contributed by atoms with Crippen LogP contribution in [0.1, 0.15) is 47.7 Å². The molecule has 178 valence electrons. The Kier molecular flexibility index (Phi) is 5.90. The van der Waals surface area contributed by atoms with E-state index < -0.39 is 0 Å². The Bertz CT molecular complexity index is 1320. The molecule has 35 heavy (non-hydrogen) atoms. The fraction of sp³-hybridized carbons (Fsp3) is 0.379. The lowest BCUT2D eigenvalue weighted by Gasteiger charge is -2.19. The minimum atomic E-state index is 0.131. The van der Waals surface area contributed by atoms with Gasteiger partial charge in [0.05, 0.1) is 11.2 Å². The van der Waals surface area contributed by atoms with Crippen molar-refractivity contribution in [2.24, 2.45) is 5.92 Å². The van der Waals surface area contributed by atoms with Gasteiger partial charge in [-0.2, -0.15) is 0 Å². The van der Waals surface area contributed by atoms with Gasteiger partial charge in [0, 0.05) is 60.0 Å². The highest BCUT2D eigenvalue weighted by Crippen LogP contribution is 2.45. The topological polar surface area (TPSA) is 62.2 Å². The molecule has 4 heterocycles. The largest absolute Gasteiger partial charge is 0.339 e. The molecular formula is C29H31N5O. The van der Waals surface area contributed by atoms with E-state index in [1.165, 1.54) is 12.8 Å². The molecule has 1 aromatic carbocycles. The highest BCUT2D eigenvalue weighted by Gasteiger charge is 2.37. The minimum absolute atomic E-state index is 0.131. The van der Waals surface area contributed by atoms with Crippen molar-refractivity contribution in [1.29, 1.82) is 0 Å². The van der Waals surface area contributed by atoms with E-state index in [4.69, 9.17) is 9.97 Å². The molecule has 6 rings (SSSR count). The summed E-state index contributed by atoms with van der Waals surface area (Å²) in [5.41, 5.74) is 6.47. The van der Waals surface area contributed by atoms with Gasteiger partial charge in [-0.25, -0.2) is 9.97 Å². The molecule has 6 heteroatoms. The van der Waals surface area contributed by atoms with Crippen LogP contribution in [0.4, 0.5) is 0 Å². The van der Waals surface area contributed by atoms with Crippen molar-refractivity contribution in [2.45, 2.75) is 32.1 Å². The standard InChI is InChI=1S/C29H31N5O/c1-20-28-24(23-15-21-7-2-3-8-26(21)30-17-23)16-25(29(28)32-19-31-20)22-10-14-34(18-22)27(35)9-6-13-33-11-4-5-12-33/h2-3,6-9,15-17,19,22,25H,4-5,10-14,18H2,1H3/b9-6+/t22-,25?/m1/s1. The third-order valence-corrected chi connectivity index (χ3v) is 7.77. The number of aryl methyl sites for hydroxylation is 1. The fourth-order valence-electron chi connectivity index (χ4n) is 5.89. The zero-order chi connectivity index (χ0) is 23.8. The van der Waals surface area contributed by atoms with Crippen molar-refractivity contribution < 1.29 is 4.79 Å². The molecule has 2 fully saturated rings. The van der Waals surface area contributed by atoms with Gasteiger partial charge in [-0.1, -0.05) is 30.4 Å². The molecule has 2 aliphatic heterocycles. The van der Waals surface area contributed by atoms with Crippen LogP contribution in [0.15, 0.2) is 61.1 Å². The van der Waals surface area contributed by atoms with Gasteiger partial charge in [0.25, 0.3) is 0 Å². The van der Waals surface area contributed by atoms with E-state index in [0.717, 1.165) is 78.1 Å². The Labute approximate surface area is 206 Å². The number of aromatic nitrogens is 3. The van der Waals surface area contributed by atoms with Crippen LogP contribution in [0.5, 0.6) is 0 Å². The summed E-state index contributed by atoms with van der Waals surface area (Å²) < 4.78 is 0. The van der Waals surface area contributed by atoms with Gasteiger partial charge in [0.2, 0.25) is 5.91 Å². The second-order valence-corrected chi connectivity index (χ2v) is 9.99. The summed E-state index contributed by atoms with van der Waals surface area (Å²) in [5.74, 6) is 0.663. The second-order valence-electron chi connectivity index (χ2n) is 9.99. The van der Waals surface area contributed by atoms with E-state index in [2.05, 4.69) is 35.0 Å². The van der Waals surface area contributed by atoms with Crippen molar-refractivity contribution in [1.82, 2.24) is 24.8 Å². The Morgan fingerprint density at radius 1 is 1.11 bits per heavy atom. The van der Waals surface area contributed by atoms with Crippen LogP contribution in [-0.4, -0.2) is 63.4 Å². The molecule has 0 saturated carbocycles. The van der Waals surface area contributed by atoms with Gasteiger partial charge >= 0.3 is 0 Å². The van der Waals surface area contributed by atoms with Gasteiger partial charge in [0.15, 0.2) is 0 Å². The molecule has 1 amide bonds. The Morgan fingerprint density at radius 2 is 1.97 bits per heavy atom. The SMILES string of the molecule is Cc1ncnc2c1C(c1cnc3ccccc3c1)=CC2[C@@H]1CCN(C(=O)/C=C/CN2CCCC2)C1. The highest BCUT2D eigenvalue weighted by atomic mass is 16.2. The third kappa shape index (κ3) is 4.27. The van der Waals surface area contributed by atoms with Crippen molar-refractivity contribution >= 4 is 22.4 Å². The average Bonchev–Trinajstić information content (AvgIpc) is 3.64. The van der Waals surface area contributed by atoms with Crippen LogP contribution in [0.3, 0.4) is 0 Å². The van der Waals surface area contributed by atoms with Gasteiger partial charge in [-0.05, 0) is 62.9 Å². The summed E-state index contributed by atoms with van der Waals surface area (Å²) >= 11 is 0. The molecule has 2 atom stereocenters. The first kappa shape index (κ1) is 22.1. The van der Waals surface area contributed by atoms with E-state index >= 15 is 0 Å². The Morgan fingerprint density at radius 3 is 2.86 bits per heavy atom. The maximum Gasteiger partial charge on any atom is 0.246 e. The number of allylic oxidation sites excluding steroid dienone is 1. The number of carbonyl (C=O) groups is 1. The summed E-state index contributed by atoms with van der Waals surface area (Å²) in [7, 11) is 0. The second kappa shape index (κ2) is 9.34. The van der Waals surface area contributed by atoms with Crippen LogP contribution in [0, 0.1) is 12.8 Å². The quantitative estimate of drug-likeness (QED) is 0.524. The number of pyridine rings is 1. The number of para-hydroxylation sites is 1. The highest BCUT2D eigenvalue weighted by molar-refractivity contribution is 5.90. The summed E-state index contributed by atoms with van der Waals surface area (Å²) in [6, 6.07) is 10.4. The van der Waals surface area contributed by atoms with E-state index in [1.807, 2.05) is 35.4 Å². The zero-order valence-electron chi connectivity index (χ0n) is 20.2. The number of likely N-dealkylation sites (tertiary alicyclic amines) is 2. The molecular weight excluding hydrogens is 434 g/mol. The number of hydrogen-bond donors (Lipinski definition) is 0. The zero-order valence-corrected chi connectivity index (χ0v) is 20.2. The first-order valence-electron chi connectivity index (χ1n) is 12.7. The molecule has 0 N–H and O–H groups in total. The van der Waals surface area contributed by atoms with E-state index in [1.54, 1.807) is 12.4 Å². The lowest BCUT2D eigenvalue weighted by atomic mass is 9.90. The lowest BCUT2D eigenvalue weighted by molar-refractivity contribution is -0.125. The molecule has 1 aliphatic carbocycles. The van der Waals surface area contributed by atoms with Crippen LogP contribution in [-0.2, 0) is 4.79 Å². The smallest absolute Gasteiger partial charge is 0.246 e. The lowest BCUT2D eigenvalue weighted by Crippen LogP contribution is -2.28. The first-order chi connectivity index (χ1) is 17.2. The predicted molar refractivity (Wildman–Crippen MR) is 138 cm³/mol. The summed E-state index contributed by atoms with van der Waals surface area (Å²) in [6.45, 7) is 6.79. The average molecular weight is 466 g/mol. The fourth-order valence-corrected chi connectivity index (χ4v) is 5.89.